The van der Waals surface area contributed by atoms with E-state index in [-0.39, 0.29) is 11.8 Å². The smallest absolute Gasteiger partial charge is 0.227 e. The number of nitrogen functional groups attached to an aromatic ring is 1. The fraction of sp³-hybridized carbons (Fsp3) is 0.375. The second-order valence-corrected chi connectivity index (χ2v) is 5.55. The number of hydrogen-bond donors (Lipinski definition) is 2. The van der Waals surface area contributed by atoms with E-state index in [4.69, 9.17) is 10.5 Å². The SMILES string of the molecule is COc1ccccc1CC(=O)N1CCC(c2[nH]ncc2N)C1. The summed E-state index contributed by atoms with van der Waals surface area (Å²) in [5.74, 6) is 1.11. The highest BCUT2D eigenvalue weighted by Gasteiger charge is 2.29. The summed E-state index contributed by atoms with van der Waals surface area (Å²) in [6.07, 6.45) is 2.88. The van der Waals surface area contributed by atoms with Crippen LogP contribution < -0.4 is 10.5 Å². The molecule has 2 aromatic rings. The van der Waals surface area contributed by atoms with Crippen LogP contribution in [0.5, 0.6) is 5.75 Å². The molecular formula is C16H20N4O2. The standard InChI is InChI=1S/C16H20N4O2/c1-22-14-5-3-2-4-11(14)8-15(21)20-7-6-12(10-20)16-13(17)9-18-19-16/h2-5,9,12H,6-8,10,17H2,1H3,(H,18,19). The largest absolute Gasteiger partial charge is 0.496 e. The molecule has 0 aliphatic carbocycles. The van der Waals surface area contributed by atoms with Gasteiger partial charge in [0.15, 0.2) is 0 Å². The summed E-state index contributed by atoms with van der Waals surface area (Å²) in [4.78, 5) is 14.4. The number of aromatic nitrogens is 2. The normalized spacial score (nSPS) is 17.7. The van der Waals surface area contributed by atoms with Gasteiger partial charge in [-0.15, -0.1) is 0 Å². The summed E-state index contributed by atoms with van der Waals surface area (Å²) < 4.78 is 5.30. The lowest BCUT2D eigenvalue weighted by atomic mass is 10.0. The van der Waals surface area contributed by atoms with E-state index in [0.717, 1.165) is 30.0 Å². The Bertz CT molecular complexity index is 668. The van der Waals surface area contributed by atoms with Gasteiger partial charge in [-0.3, -0.25) is 9.89 Å². The number of rotatable bonds is 4. The van der Waals surface area contributed by atoms with Crippen LogP contribution in [0.25, 0.3) is 0 Å². The first kappa shape index (κ1) is 14.4. The van der Waals surface area contributed by atoms with Crippen LogP contribution in [0, 0.1) is 0 Å². The third-order valence-corrected chi connectivity index (χ3v) is 4.18. The summed E-state index contributed by atoms with van der Waals surface area (Å²) >= 11 is 0. The third kappa shape index (κ3) is 2.77. The van der Waals surface area contributed by atoms with Gasteiger partial charge in [0, 0.05) is 24.6 Å². The van der Waals surface area contributed by atoms with Crippen molar-refractivity contribution < 1.29 is 9.53 Å². The van der Waals surface area contributed by atoms with E-state index in [1.165, 1.54) is 0 Å². The number of amides is 1. The van der Waals surface area contributed by atoms with Crippen LogP contribution in [-0.4, -0.2) is 41.2 Å². The van der Waals surface area contributed by atoms with Gasteiger partial charge in [0.2, 0.25) is 5.91 Å². The van der Waals surface area contributed by atoms with Gasteiger partial charge in [0.05, 0.1) is 31.1 Å². The van der Waals surface area contributed by atoms with Crippen LogP contribution in [0.15, 0.2) is 30.5 Å². The maximum atomic E-state index is 12.5. The molecule has 2 heterocycles. The lowest BCUT2D eigenvalue weighted by molar-refractivity contribution is -0.129. The Morgan fingerprint density at radius 1 is 1.50 bits per heavy atom. The number of aromatic amines is 1. The molecular weight excluding hydrogens is 280 g/mol. The number of benzene rings is 1. The lowest BCUT2D eigenvalue weighted by Crippen LogP contribution is -2.30. The number of carbonyl (C=O) groups excluding carboxylic acids is 1. The van der Waals surface area contributed by atoms with Crippen molar-refractivity contribution in [2.75, 3.05) is 25.9 Å². The molecule has 1 saturated heterocycles. The molecule has 1 fully saturated rings. The monoisotopic (exact) mass is 300 g/mol. The summed E-state index contributed by atoms with van der Waals surface area (Å²) in [6, 6.07) is 7.63. The molecule has 3 rings (SSSR count). The Labute approximate surface area is 129 Å². The highest BCUT2D eigenvalue weighted by molar-refractivity contribution is 5.80. The number of methoxy groups -OCH3 is 1. The summed E-state index contributed by atoms with van der Waals surface area (Å²) in [5, 5.41) is 6.90. The maximum Gasteiger partial charge on any atom is 0.227 e. The predicted molar refractivity (Wildman–Crippen MR) is 83.6 cm³/mol. The van der Waals surface area contributed by atoms with Crippen molar-refractivity contribution in [2.24, 2.45) is 0 Å². The van der Waals surface area contributed by atoms with Crippen LogP contribution in [-0.2, 0) is 11.2 Å². The molecule has 0 bridgehead atoms. The van der Waals surface area contributed by atoms with E-state index >= 15 is 0 Å². The van der Waals surface area contributed by atoms with Gasteiger partial charge in [-0.2, -0.15) is 5.10 Å². The molecule has 1 aromatic carbocycles. The van der Waals surface area contributed by atoms with Gasteiger partial charge < -0.3 is 15.4 Å². The highest BCUT2D eigenvalue weighted by atomic mass is 16.5. The topological polar surface area (TPSA) is 84.2 Å². The number of carbonyl (C=O) groups is 1. The molecule has 116 valence electrons. The molecule has 0 spiro atoms. The predicted octanol–water partition coefficient (Wildman–Crippen LogP) is 1.56. The first-order valence-corrected chi connectivity index (χ1v) is 7.37. The van der Waals surface area contributed by atoms with Crippen molar-refractivity contribution in [1.82, 2.24) is 15.1 Å². The second-order valence-electron chi connectivity index (χ2n) is 5.55. The molecule has 1 aromatic heterocycles. The first-order chi connectivity index (χ1) is 10.7. The van der Waals surface area contributed by atoms with Crippen molar-refractivity contribution in [3.8, 4) is 5.75 Å². The van der Waals surface area contributed by atoms with E-state index in [2.05, 4.69) is 10.2 Å². The maximum absolute atomic E-state index is 12.5. The number of ether oxygens (including phenoxy) is 1. The number of nitrogens with zero attached hydrogens (tertiary/aromatic N) is 2. The summed E-state index contributed by atoms with van der Waals surface area (Å²) in [6.45, 7) is 1.43. The van der Waals surface area contributed by atoms with E-state index in [1.54, 1.807) is 13.3 Å². The minimum Gasteiger partial charge on any atom is -0.496 e. The molecule has 1 atom stereocenters. The van der Waals surface area contributed by atoms with Crippen LogP contribution >= 0.6 is 0 Å². The zero-order valence-electron chi connectivity index (χ0n) is 12.6. The van der Waals surface area contributed by atoms with Gasteiger partial charge in [0.25, 0.3) is 0 Å². The number of para-hydroxylation sites is 1. The van der Waals surface area contributed by atoms with Crippen molar-refractivity contribution in [3.63, 3.8) is 0 Å². The Kier molecular flexibility index (Phi) is 4.00. The van der Waals surface area contributed by atoms with Crippen molar-refractivity contribution in [2.45, 2.75) is 18.8 Å². The van der Waals surface area contributed by atoms with Crippen molar-refractivity contribution >= 4 is 11.6 Å². The average molecular weight is 300 g/mol. The quantitative estimate of drug-likeness (QED) is 0.897. The molecule has 1 aliphatic rings. The molecule has 3 N–H and O–H groups in total. The van der Waals surface area contributed by atoms with Crippen LogP contribution in [0.1, 0.15) is 23.6 Å². The molecule has 6 nitrogen and oxygen atoms in total. The Hall–Kier alpha value is -2.50. The molecule has 22 heavy (non-hydrogen) atoms. The van der Waals surface area contributed by atoms with E-state index < -0.39 is 0 Å². The third-order valence-electron chi connectivity index (χ3n) is 4.18. The second kappa shape index (κ2) is 6.09. The average Bonchev–Trinajstić information content (AvgIpc) is 3.16. The Morgan fingerprint density at radius 2 is 2.32 bits per heavy atom. The number of hydrogen-bond acceptors (Lipinski definition) is 4. The van der Waals surface area contributed by atoms with E-state index in [1.807, 2.05) is 29.2 Å². The summed E-state index contributed by atoms with van der Waals surface area (Å²) in [5.41, 5.74) is 8.41. The molecule has 0 saturated carbocycles. The van der Waals surface area contributed by atoms with Gasteiger partial charge in [0.1, 0.15) is 5.75 Å². The minimum atomic E-state index is 0.116. The van der Waals surface area contributed by atoms with Crippen molar-refractivity contribution in [3.05, 3.63) is 41.7 Å². The molecule has 0 radical (unpaired) electrons. The first-order valence-electron chi connectivity index (χ1n) is 7.37. The minimum absolute atomic E-state index is 0.116. The summed E-state index contributed by atoms with van der Waals surface area (Å²) in [7, 11) is 1.62. The van der Waals surface area contributed by atoms with E-state index in [9.17, 15) is 4.79 Å². The van der Waals surface area contributed by atoms with Gasteiger partial charge in [-0.05, 0) is 12.5 Å². The fourth-order valence-corrected chi connectivity index (χ4v) is 2.98. The highest BCUT2D eigenvalue weighted by Crippen LogP contribution is 2.29. The van der Waals surface area contributed by atoms with Crippen LogP contribution in [0.4, 0.5) is 5.69 Å². The zero-order valence-corrected chi connectivity index (χ0v) is 12.6. The number of anilines is 1. The molecule has 1 amide bonds. The molecule has 6 heteroatoms. The number of likely N-dealkylation sites (tertiary alicyclic amines) is 1. The van der Waals surface area contributed by atoms with Crippen LogP contribution in [0.2, 0.25) is 0 Å². The van der Waals surface area contributed by atoms with Crippen molar-refractivity contribution in [1.29, 1.82) is 0 Å². The van der Waals surface area contributed by atoms with Gasteiger partial charge in [-0.25, -0.2) is 0 Å². The Balaban J connectivity index is 1.66. The molecule has 1 aliphatic heterocycles. The fourth-order valence-electron chi connectivity index (χ4n) is 2.98. The number of nitrogens with two attached hydrogens (primary N) is 1. The van der Waals surface area contributed by atoms with Gasteiger partial charge in [-0.1, -0.05) is 18.2 Å². The van der Waals surface area contributed by atoms with E-state index in [0.29, 0.717) is 18.7 Å². The lowest BCUT2D eigenvalue weighted by Gasteiger charge is -2.17. The zero-order chi connectivity index (χ0) is 15.5. The van der Waals surface area contributed by atoms with Crippen LogP contribution in [0.3, 0.4) is 0 Å². The number of H-pyrrole nitrogens is 1. The molecule has 1 unspecified atom stereocenters. The van der Waals surface area contributed by atoms with Gasteiger partial charge >= 0.3 is 0 Å². The number of nitrogens with one attached hydrogen (secondary N) is 1. The Morgan fingerprint density at radius 3 is 3.05 bits per heavy atom.